The molecule has 16 heteroatoms. The number of halogens is 4. The predicted molar refractivity (Wildman–Crippen MR) is 237 cm³/mol. The molecule has 0 spiro atoms. The molecule has 65 heavy (non-hydrogen) atoms. The zero-order valence-electron chi connectivity index (χ0n) is 34.4. The average Bonchev–Trinajstić information content (AvgIpc) is 4.14. The summed E-state index contributed by atoms with van der Waals surface area (Å²) in [6, 6.07) is 26.1. The van der Waals surface area contributed by atoms with E-state index in [0.29, 0.717) is 45.1 Å². The van der Waals surface area contributed by atoms with Gasteiger partial charge in [0.25, 0.3) is 16.7 Å². The summed E-state index contributed by atoms with van der Waals surface area (Å²) >= 11 is 0. The normalized spacial score (nSPS) is 14.7. The minimum atomic E-state index is -4.41. The molecule has 6 aromatic heterocycles. The van der Waals surface area contributed by atoms with Crippen LogP contribution in [-0.2, 0) is 6.18 Å². The number of hydrogen-bond donors (Lipinski definition) is 0. The van der Waals surface area contributed by atoms with E-state index in [1.54, 1.807) is 64.5 Å². The highest BCUT2D eigenvalue weighted by Gasteiger charge is 2.32. The lowest BCUT2D eigenvalue weighted by atomic mass is 10.1. The Kier molecular flexibility index (Phi) is 10.6. The standard InChI is InChI=1S/C17H12F3N3O.C16H12FN3O.C16H13N3O/c18-17(19,20)11-3-1-10(2-4-11)15-16(24)23(12-5-6-12)14-7-8-21-9-13(14)22-15;17-11-3-1-10(2-4-11)15-16(21)20(12-5-6-12)14-7-8-18-9-13(14)19-15;20-16-15(11-4-2-1-3-5-11)18-13-10-17-9-8-14(13)19(16)12-6-7-12/h1-4,7-9,12H,5-6H2;1-4,7-9,12H,5-6H2;1-5,8-10,12H,6-7H2. The molecule has 3 saturated carbocycles. The first-order valence-electron chi connectivity index (χ1n) is 21.1. The molecule has 3 aliphatic rings. The van der Waals surface area contributed by atoms with E-state index in [9.17, 15) is 31.9 Å². The predicted octanol–water partition coefficient (Wildman–Crippen LogP) is 9.54. The van der Waals surface area contributed by atoms with Crippen molar-refractivity contribution >= 4 is 33.1 Å². The van der Waals surface area contributed by atoms with Gasteiger partial charge in [-0.1, -0.05) is 42.5 Å². The largest absolute Gasteiger partial charge is 0.416 e. The van der Waals surface area contributed by atoms with Crippen LogP contribution in [0.2, 0.25) is 0 Å². The van der Waals surface area contributed by atoms with Crippen LogP contribution in [0, 0.1) is 5.82 Å². The van der Waals surface area contributed by atoms with Crippen molar-refractivity contribution in [2.45, 2.75) is 62.8 Å². The maximum absolute atomic E-state index is 13.1. The first kappa shape index (κ1) is 41.3. The van der Waals surface area contributed by atoms with Crippen LogP contribution in [0.1, 0.15) is 62.2 Å². The highest BCUT2D eigenvalue weighted by molar-refractivity contribution is 5.79. The van der Waals surface area contributed by atoms with Gasteiger partial charge in [-0.3, -0.25) is 29.3 Å². The lowest BCUT2D eigenvalue weighted by Crippen LogP contribution is -2.23. The lowest BCUT2D eigenvalue weighted by Gasteiger charge is -2.12. The van der Waals surface area contributed by atoms with E-state index in [1.807, 2.05) is 47.0 Å². The quantitative estimate of drug-likeness (QED) is 0.149. The Labute approximate surface area is 366 Å². The summed E-state index contributed by atoms with van der Waals surface area (Å²) < 4.78 is 56.5. The molecule has 0 aliphatic heterocycles. The van der Waals surface area contributed by atoms with Gasteiger partial charge in [0, 0.05) is 53.4 Å². The Bertz CT molecular complexity index is 3420. The Hall–Kier alpha value is -7.75. The second kappa shape index (κ2) is 16.7. The molecular weight excluding hydrogens is 839 g/mol. The first-order chi connectivity index (χ1) is 31.5. The second-order valence-electron chi connectivity index (χ2n) is 16.1. The van der Waals surface area contributed by atoms with Gasteiger partial charge in [-0.05, 0) is 93.1 Å². The number of hydrogen-bond acceptors (Lipinski definition) is 9. The fourth-order valence-corrected chi connectivity index (χ4v) is 7.85. The molecule has 0 radical (unpaired) electrons. The summed E-state index contributed by atoms with van der Waals surface area (Å²) in [6.07, 6.45) is 11.5. The Morgan fingerprint density at radius 3 is 1.12 bits per heavy atom. The average molecular weight is 876 g/mol. The van der Waals surface area contributed by atoms with Crippen molar-refractivity contribution in [2.75, 3.05) is 0 Å². The maximum Gasteiger partial charge on any atom is 0.416 e. The smallest absolute Gasteiger partial charge is 0.302 e. The van der Waals surface area contributed by atoms with E-state index in [2.05, 4.69) is 29.9 Å². The number of rotatable bonds is 6. The summed E-state index contributed by atoms with van der Waals surface area (Å²) in [5.74, 6) is -0.330. The van der Waals surface area contributed by atoms with Crippen LogP contribution in [0.5, 0.6) is 0 Å². The molecule has 324 valence electrons. The molecule has 0 saturated heterocycles. The van der Waals surface area contributed by atoms with E-state index in [0.717, 1.165) is 72.8 Å². The third-order valence-corrected chi connectivity index (χ3v) is 11.5. The van der Waals surface area contributed by atoms with Crippen LogP contribution >= 0.6 is 0 Å². The minimum absolute atomic E-state index is 0.00241. The van der Waals surface area contributed by atoms with Crippen LogP contribution in [0.25, 0.3) is 66.9 Å². The molecule has 0 N–H and O–H groups in total. The van der Waals surface area contributed by atoms with E-state index in [1.165, 1.54) is 24.3 Å². The maximum atomic E-state index is 13.1. The van der Waals surface area contributed by atoms with Crippen LogP contribution in [0.3, 0.4) is 0 Å². The summed E-state index contributed by atoms with van der Waals surface area (Å²) in [4.78, 5) is 63.8. The number of fused-ring (bicyclic) bond motifs is 3. The van der Waals surface area contributed by atoms with Gasteiger partial charge in [-0.15, -0.1) is 0 Å². The van der Waals surface area contributed by atoms with Crippen molar-refractivity contribution in [3.63, 3.8) is 0 Å². The first-order valence-corrected chi connectivity index (χ1v) is 21.1. The highest BCUT2D eigenvalue weighted by atomic mass is 19.4. The lowest BCUT2D eigenvalue weighted by molar-refractivity contribution is -0.137. The SMILES string of the molecule is O=c1c(-c2ccc(C(F)(F)F)cc2)nc2cnccc2n1C1CC1.O=c1c(-c2ccc(F)cc2)nc2cnccc2n1C1CC1.O=c1c(-c2ccccc2)nc2cnccc2n1C1CC1. The highest BCUT2D eigenvalue weighted by Crippen LogP contribution is 2.38. The molecule has 12 nitrogen and oxygen atoms in total. The fourth-order valence-electron chi connectivity index (χ4n) is 7.85. The van der Waals surface area contributed by atoms with Gasteiger partial charge in [0.05, 0.1) is 40.7 Å². The zero-order chi connectivity index (χ0) is 44.8. The van der Waals surface area contributed by atoms with Crippen molar-refractivity contribution in [1.82, 2.24) is 43.6 Å². The molecule has 0 unspecified atom stereocenters. The van der Waals surface area contributed by atoms with Gasteiger partial charge in [0.2, 0.25) is 0 Å². The Balaban J connectivity index is 0.000000115. The zero-order valence-corrected chi connectivity index (χ0v) is 34.4. The molecule has 0 amide bonds. The summed E-state index contributed by atoms with van der Waals surface area (Å²) in [6.45, 7) is 0. The Morgan fingerprint density at radius 1 is 0.446 bits per heavy atom. The molecule has 3 aliphatic carbocycles. The van der Waals surface area contributed by atoms with Gasteiger partial charge in [-0.25, -0.2) is 19.3 Å². The van der Waals surface area contributed by atoms with Gasteiger partial charge < -0.3 is 13.7 Å². The number of alkyl halides is 3. The number of aromatic nitrogens is 9. The minimum Gasteiger partial charge on any atom is -0.302 e. The van der Waals surface area contributed by atoms with Crippen LogP contribution in [-0.4, -0.2) is 43.6 Å². The van der Waals surface area contributed by atoms with Crippen molar-refractivity contribution in [3.8, 4) is 33.8 Å². The van der Waals surface area contributed by atoms with E-state index < -0.39 is 11.7 Å². The molecule has 3 fully saturated rings. The Morgan fingerprint density at radius 2 is 0.785 bits per heavy atom. The molecule has 9 aromatic rings. The van der Waals surface area contributed by atoms with Gasteiger partial charge >= 0.3 is 6.18 Å². The topological polar surface area (TPSA) is 143 Å². The van der Waals surface area contributed by atoms with Crippen LogP contribution in [0.15, 0.2) is 149 Å². The van der Waals surface area contributed by atoms with Crippen molar-refractivity contribution in [3.05, 3.63) is 177 Å². The van der Waals surface area contributed by atoms with Crippen molar-refractivity contribution in [2.24, 2.45) is 0 Å². The van der Waals surface area contributed by atoms with Crippen molar-refractivity contribution < 1.29 is 17.6 Å². The summed E-state index contributed by atoms with van der Waals surface area (Å²) in [7, 11) is 0. The number of pyridine rings is 3. The van der Waals surface area contributed by atoms with Gasteiger partial charge in [0.15, 0.2) is 0 Å². The molecule has 12 rings (SSSR count). The third-order valence-electron chi connectivity index (χ3n) is 11.5. The third kappa shape index (κ3) is 8.42. The fraction of sp³-hybridized carbons (Fsp3) is 0.204. The van der Waals surface area contributed by atoms with E-state index in [-0.39, 0.29) is 40.3 Å². The van der Waals surface area contributed by atoms with Gasteiger partial charge in [-0.2, -0.15) is 13.2 Å². The van der Waals surface area contributed by atoms with Crippen LogP contribution in [0.4, 0.5) is 17.6 Å². The van der Waals surface area contributed by atoms with Gasteiger partial charge in [0.1, 0.15) is 39.4 Å². The van der Waals surface area contributed by atoms with E-state index >= 15 is 0 Å². The van der Waals surface area contributed by atoms with Crippen LogP contribution < -0.4 is 16.7 Å². The molecule has 6 heterocycles. The molecular formula is C49H37F4N9O3. The second-order valence-corrected chi connectivity index (χ2v) is 16.1. The van der Waals surface area contributed by atoms with E-state index in [4.69, 9.17) is 0 Å². The monoisotopic (exact) mass is 875 g/mol. The van der Waals surface area contributed by atoms with Crippen molar-refractivity contribution in [1.29, 1.82) is 0 Å². The summed E-state index contributed by atoms with van der Waals surface area (Å²) in [5.41, 5.74) is 6.11. The molecule has 0 bridgehead atoms. The number of benzene rings is 3. The molecule has 0 atom stereocenters. The number of nitrogens with zero attached hydrogens (tertiary/aromatic N) is 9. The molecule has 3 aromatic carbocycles. The summed E-state index contributed by atoms with van der Waals surface area (Å²) in [5, 5.41) is 0.